The highest BCUT2D eigenvalue weighted by molar-refractivity contribution is 5.92. The zero-order valence-corrected chi connectivity index (χ0v) is 13.3. The van der Waals surface area contributed by atoms with E-state index in [9.17, 15) is 4.79 Å². The van der Waals surface area contributed by atoms with Crippen LogP contribution >= 0.6 is 0 Å². The van der Waals surface area contributed by atoms with Crippen LogP contribution in [0, 0.1) is 0 Å². The molecular formula is C17H17NO6. The fourth-order valence-corrected chi connectivity index (χ4v) is 2.18. The van der Waals surface area contributed by atoms with Gasteiger partial charge in [-0.2, -0.15) is 0 Å². The summed E-state index contributed by atoms with van der Waals surface area (Å²) in [5.74, 6) is 2.61. The van der Waals surface area contributed by atoms with Crippen molar-refractivity contribution in [3.63, 3.8) is 0 Å². The van der Waals surface area contributed by atoms with E-state index in [1.54, 1.807) is 50.6 Å². The number of nitrogens with one attached hydrogen (secondary N) is 1. The number of hydrogen-bond acceptors (Lipinski definition) is 6. The first-order valence-corrected chi connectivity index (χ1v) is 7.23. The van der Waals surface area contributed by atoms with Crippen LogP contribution in [0.4, 0.5) is 5.69 Å². The van der Waals surface area contributed by atoms with Crippen LogP contribution in [0.25, 0.3) is 0 Å². The number of anilines is 1. The first kappa shape index (κ1) is 15.8. The minimum atomic E-state index is -0.296. The molecule has 0 saturated carbocycles. The molecule has 0 aliphatic carbocycles. The van der Waals surface area contributed by atoms with Gasteiger partial charge in [0.05, 0.1) is 14.2 Å². The largest absolute Gasteiger partial charge is 0.496 e. The molecule has 2 aromatic carbocycles. The molecule has 2 aromatic rings. The minimum Gasteiger partial charge on any atom is -0.496 e. The topological polar surface area (TPSA) is 75.3 Å². The zero-order valence-electron chi connectivity index (χ0n) is 13.3. The molecule has 1 heterocycles. The fourth-order valence-electron chi connectivity index (χ4n) is 2.18. The van der Waals surface area contributed by atoms with Gasteiger partial charge in [-0.15, -0.1) is 0 Å². The van der Waals surface area contributed by atoms with E-state index in [-0.39, 0.29) is 19.3 Å². The average molecular weight is 331 g/mol. The molecule has 1 aliphatic heterocycles. The lowest BCUT2D eigenvalue weighted by Crippen LogP contribution is -2.20. The van der Waals surface area contributed by atoms with Gasteiger partial charge in [-0.3, -0.25) is 4.79 Å². The molecule has 1 amide bonds. The Morgan fingerprint density at radius 2 is 1.67 bits per heavy atom. The van der Waals surface area contributed by atoms with Crippen LogP contribution in [-0.4, -0.2) is 33.5 Å². The Morgan fingerprint density at radius 1 is 1.00 bits per heavy atom. The van der Waals surface area contributed by atoms with Crippen molar-refractivity contribution in [1.29, 1.82) is 0 Å². The molecular weight excluding hydrogens is 314 g/mol. The van der Waals surface area contributed by atoms with Gasteiger partial charge in [0.1, 0.15) is 17.2 Å². The van der Waals surface area contributed by atoms with E-state index < -0.39 is 0 Å². The van der Waals surface area contributed by atoms with E-state index in [1.165, 1.54) is 0 Å². The number of ether oxygens (including phenoxy) is 5. The third-order valence-electron chi connectivity index (χ3n) is 3.35. The molecule has 0 atom stereocenters. The number of rotatable bonds is 6. The smallest absolute Gasteiger partial charge is 0.262 e. The lowest BCUT2D eigenvalue weighted by Gasteiger charge is -2.10. The van der Waals surface area contributed by atoms with Crippen LogP contribution < -0.4 is 29.0 Å². The molecule has 126 valence electrons. The van der Waals surface area contributed by atoms with Crippen molar-refractivity contribution in [1.82, 2.24) is 0 Å². The Balaban J connectivity index is 1.59. The highest BCUT2D eigenvalue weighted by Gasteiger charge is 2.14. The van der Waals surface area contributed by atoms with E-state index in [1.807, 2.05) is 0 Å². The number of fused-ring (bicyclic) bond motifs is 1. The predicted octanol–water partition coefficient (Wildman–Crippen LogP) is 2.45. The normalized spacial score (nSPS) is 11.8. The fraction of sp³-hybridized carbons (Fsp3) is 0.235. The van der Waals surface area contributed by atoms with E-state index in [0.717, 1.165) is 0 Å². The highest BCUT2D eigenvalue weighted by Crippen LogP contribution is 2.34. The summed E-state index contributed by atoms with van der Waals surface area (Å²) in [4.78, 5) is 12.0. The zero-order chi connectivity index (χ0) is 16.9. The van der Waals surface area contributed by atoms with Gasteiger partial charge in [0.2, 0.25) is 6.79 Å². The Bertz CT molecular complexity index is 724. The van der Waals surface area contributed by atoms with E-state index >= 15 is 0 Å². The second-order valence-corrected chi connectivity index (χ2v) is 4.95. The van der Waals surface area contributed by atoms with Crippen molar-refractivity contribution in [2.45, 2.75) is 0 Å². The van der Waals surface area contributed by atoms with Gasteiger partial charge < -0.3 is 29.0 Å². The van der Waals surface area contributed by atoms with E-state index in [2.05, 4.69) is 5.32 Å². The van der Waals surface area contributed by atoms with Crippen molar-refractivity contribution in [3.05, 3.63) is 36.4 Å². The number of carbonyl (C=O) groups excluding carboxylic acids is 1. The van der Waals surface area contributed by atoms with Crippen LogP contribution in [0.3, 0.4) is 0 Å². The molecule has 0 spiro atoms. The second-order valence-electron chi connectivity index (χ2n) is 4.95. The first-order valence-electron chi connectivity index (χ1n) is 7.23. The van der Waals surface area contributed by atoms with Gasteiger partial charge >= 0.3 is 0 Å². The summed E-state index contributed by atoms with van der Waals surface area (Å²) in [7, 11) is 3.09. The first-order chi connectivity index (χ1) is 11.7. The summed E-state index contributed by atoms with van der Waals surface area (Å²) in [6.45, 7) is 0.0400. The lowest BCUT2D eigenvalue weighted by molar-refractivity contribution is -0.118. The van der Waals surface area contributed by atoms with Crippen molar-refractivity contribution >= 4 is 11.6 Å². The standard InChI is InChI=1S/C17H17NO6/c1-20-12-6-13(21-2)8-14(7-12)22-9-17(19)18-11-3-4-15-16(5-11)24-10-23-15/h3-8H,9-10H2,1-2H3,(H,18,19). The molecule has 0 saturated heterocycles. The molecule has 1 aliphatic rings. The SMILES string of the molecule is COc1cc(OC)cc(OCC(=O)Nc2ccc3c(c2)OCO3)c1. The summed E-state index contributed by atoms with van der Waals surface area (Å²) in [5.41, 5.74) is 0.607. The molecule has 0 bridgehead atoms. The van der Waals surface area contributed by atoms with Crippen molar-refractivity contribution in [3.8, 4) is 28.7 Å². The molecule has 3 rings (SSSR count). The summed E-state index contributed by atoms with van der Waals surface area (Å²) < 4.78 is 26.3. The van der Waals surface area contributed by atoms with Crippen molar-refractivity contribution in [2.24, 2.45) is 0 Å². The van der Waals surface area contributed by atoms with Crippen molar-refractivity contribution < 1.29 is 28.5 Å². The van der Waals surface area contributed by atoms with Gasteiger partial charge in [0.25, 0.3) is 5.91 Å². The molecule has 0 fully saturated rings. The maximum atomic E-state index is 12.0. The lowest BCUT2D eigenvalue weighted by atomic mass is 10.3. The summed E-state index contributed by atoms with van der Waals surface area (Å²) in [6.07, 6.45) is 0. The Hall–Kier alpha value is -3.09. The molecule has 0 radical (unpaired) electrons. The maximum absolute atomic E-state index is 12.0. The van der Waals surface area contributed by atoms with Crippen LogP contribution in [0.1, 0.15) is 0 Å². The van der Waals surface area contributed by atoms with Gasteiger partial charge in [-0.1, -0.05) is 0 Å². The highest BCUT2D eigenvalue weighted by atomic mass is 16.7. The van der Waals surface area contributed by atoms with Gasteiger partial charge in [0.15, 0.2) is 18.1 Å². The van der Waals surface area contributed by atoms with Crippen LogP contribution in [0.15, 0.2) is 36.4 Å². The minimum absolute atomic E-state index is 0.148. The van der Waals surface area contributed by atoms with Crippen LogP contribution in [0.2, 0.25) is 0 Å². The second kappa shape index (κ2) is 6.99. The Kier molecular flexibility index (Phi) is 4.60. The summed E-state index contributed by atoms with van der Waals surface area (Å²) in [6, 6.07) is 10.3. The van der Waals surface area contributed by atoms with E-state index in [0.29, 0.717) is 34.4 Å². The molecule has 1 N–H and O–H groups in total. The number of hydrogen-bond donors (Lipinski definition) is 1. The molecule has 7 heteroatoms. The third kappa shape index (κ3) is 3.62. The van der Waals surface area contributed by atoms with Crippen LogP contribution in [0.5, 0.6) is 28.7 Å². The van der Waals surface area contributed by atoms with Gasteiger partial charge in [-0.25, -0.2) is 0 Å². The summed E-state index contributed by atoms with van der Waals surface area (Å²) >= 11 is 0. The van der Waals surface area contributed by atoms with Crippen molar-refractivity contribution in [2.75, 3.05) is 32.9 Å². The van der Waals surface area contributed by atoms with Gasteiger partial charge in [0, 0.05) is 30.0 Å². The number of amides is 1. The third-order valence-corrected chi connectivity index (χ3v) is 3.35. The molecule has 24 heavy (non-hydrogen) atoms. The quantitative estimate of drug-likeness (QED) is 0.876. The van der Waals surface area contributed by atoms with Crippen LogP contribution in [-0.2, 0) is 4.79 Å². The monoisotopic (exact) mass is 331 g/mol. The Morgan fingerprint density at radius 3 is 2.38 bits per heavy atom. The van der Waals surface area contributed by atoms with Gasteiger partial charge in [-0.05, 0) is 12.1 Å². The molecule has 0 unspecified atom stereocenters. The Labute approximate surface area is 139 Å². The van der Waals surface area contributed by atoms with E-state index in [4.69, 9.17) is 23.7 Å². The maximum Gasteiger partial charge on any atom is 0.262 e. The number of benzene rings is 2. The molecule has 7 nitrogen and oxygen atoms in total. The summed E-state index contributed by atoms with van der Waals surface area (Å²) in [5, 5.41) is 2.74. The molecule has 0 aromatic heterocycles. The number of carbonyl (C=O) groups is 1. The average Bonchev–Trinajstić information content (AvgIpc) is 3.07. The number of methoxy groups -OCH3 is 2. The predicted molar refractivity (Wildman–Crippen MR) is 86.2 cm³/mol.